The van der Waals surface area contributed by atoms with Crippen LogP contribution in [0.4, 0.5) is 4.39 Å². The molecule has 1 N–H and O–H groups in total. The zero-order chi connectivity index (χ0) is 9.84. The van der Waals surface area contributed by atoms with Gasteiger partial charge < -0.3 is 5.11 Å². The second-order valence-electron chi connectivity index (χ2n) is 2.65. The standard InChI is InChI=1S/C10H9FO2/c1-7(12)6-10(13)8-2-4-9(11)5-3-8/h2-6,13H,1H3/b10-6-. The number of aliphatic hydroxyl groups is 1. The number of ketones is 1. The maximum Gasteiger partial charge on any atom is 0.156 e. The van der Waals surface area contributed by atoms with Crippen LogP contribution in [0.2, 0.25) is 0 Å². The summed E-state index contributed by atoms with van der Waals surface area (Å²) in [6.07, 6.45) is 1.09. The zero-order valence-electron chi connectivity index (χ0n) is 7.12. The second-order valence-corrected chi connectivity index (χ2v) is 2.65. The number of allylic oxidation sites excluding steroid dienone is 1. The average molecular weight is 180 g/mol. The predicted octanol–water partition coefficient (Wildman–Crippen LogP) is 2.31. The van der Waals surface area contributed by atoms with Crippen LogP contribution >= 0.6 is 0 Å². The van der Waals surface area contributed by atoms with E-state index < -0.39 is 0 Å². The van der Waals surface area contributed by atoms with Crippen LogP contribution in [0.15, 0.2) is 30.3 Å². The van der Waals surface area contributed by atoms with Crippen LogP contribution in [-0.2, 0) is 4.79 Å². The largest absolute Gasteiger partial charge is 0.507 e. The Morgan fingerprint density at radius 1 is 1.38 bits per heavy atom. The Balaban J connectivity index is 2.96. The van der Waals surface area contributed by atoms with Gasteiger partial charge in [-0.2, -0.15) is 0 Å². The van der Waals surface area contributed by atoms with Crippen molar-refractivity contribution in [1.29, 1.82) is 0 Å². The summed E-state index contributed by atoms with van der Waals surface area (Å²) in [5.74, 6) is -0.770. The number of aliphatic hydroxyl groups excluding tert-OH is 1. The molecule has 0 bridgehead atoms. The van der Waals surface area contributed by atoms with Crippen molar-refractivity contribution in [3.63, 3.8) is 0 Å². The highest BCUT2D eigenvalue weighted by atomic mass is 19.1. The monoisotopic (exact) mass is 180 g/mol. The molecule has 13 heavy (non-hydrogen) atoms. The van der Waals surface area contributed by atoms with Crippen LogP contribution in [0.3, 0.4) is 0 Å². The van der Waals surface area contributed by atoms with E-state index in [1.54, 1.807) is 0 Å². The summed E-state index contributed by atoms with van der Waals surface area (Å²) in [6.45, 7) is 1.33. The van der Waals surface area contributed by atoms with Crippen molar-refractivity contribution in [3.05, 3.63) is 41.7 Å². The van der Waals surface area contributed by atoms with E-state index in [0.717, 1.165) is 6.08 Å². The first kappa shape index (κ1) is 9.45. The van der Waals surface area contributed by atoms with E-state index in [1.165, 1.54) is 31.2 Å². The van der Waals surface area contributed by atoms with Crippen LogP contribution in [-0.4, -0.2) is 10.9 Å². The molecule has 0 fully saturated rings. The van der Waals surface area contributed by atoms with Crippen LogP contribution < -0.4 is 0 Å². The number of benzene rings is 1. The second kappa shape index (κ2) is 3.85. The minimum atomic E-state index is -0.376. The molecule has 1 rings (SSSR count). The van der Waals surface area contributed by atoms with Crippen molar-refractivity contribution >= 4 is 11.5 Å². The quantitative estimate of drug-likeness (QED) is 0.560. The first-order valence-corrected chi connectivity index (χ1v) is 3.77. The molecule has 0 radical (unpaired) electrons. The summed E-state index contributed by atoms with van der Waals surface area (Å²) < 4.78 is 12.4. The minimum absolute atomic E-state index is 0.146. The van der Waals surface area contributed by atoms with E-state index in [-0.39, 0.29) is 17.4 Å². The number of carbonyl (C=O) groups excluding carboxylic acids is 1. The molecule has 0 amide bonds. The first-order valence-electron chi connectivity index (χ1n) is 3.77. The molecule has 2 nitrogen and oxygen atoms in total. The van der Waals surface area contributed by atoms with Gasteiger partial charge in [0.2, 0.25) is 0 Å². The van der Waals surface area contributed by atoms with Crippen molar-refractivity contribution in [1.82, 2.24) is 0 Å². The fraction of sp³-hybridized carbons (Fsp3) is 0.100. The third-order valence-corrected chi connectivity index (χ3v) is 1.48. The lowest BCUT2D eigenvalue weighted by atomic mass is 10.1. The van der Waals surface area contributed by atoms with Crippen LogP contribution in [0.25, 0.3) is 5.76 Å². The number of rotatable bonds is 2. The molecule has 0 saturated heterocycles. The highest BCUT2D eigenvalue weighted by Crippen LogP contribution is 2.11. The number of carbonyl (C=O) groups is 1. The van der Waals surface area contributed by atoms with Crippen LogP contribution in [0.1, 0.15) is 12.5 Å². The van der Waals surface area contributed by atoms with Gasteiger partial charge in [0, 0.05) is 11.6 Å². The average Bonchev–Trinajstić information content (AvgIpc) is 2.04. The van der Waals surface area contributed by atoms with E-state index in [1.807, 2.05) is 0 Å². The summed E-state index contributed by atoms with van der Waals surface area (Å²) in [6, 6.07) is 5.26. The van der Waals surface area contributed by atoms with Crippen molar-refractivity contribution in [2.45, 2.75) is 6.92 Å². The molecule has 0 aliphatic heterocycles. The van der Waals surface area contributed by atoms with Gasteiger partial charge in [-0.25, -0.2) is 4.39 Å². The Kier molecular flexibility index (Phi) is 2.80. The van der Waals surface area contributed by atoms with E-state index in [0.29, 0.717) is 5.56 Å². The fourth-order valence-electron chi connectivity index (χ4n) is 0.897. The smallest absolute Gasteiger partial charge is 0.156 e. The molecule has 0 unspecified atom stereocenters. The molecular weight excluding hydrogens is 171 g/mol. The lowest BCUT2D eigenvalue weighted by molar-refractivity contribution is -0.112. The molecule has 0 atom stereocenters. The van der Waals surface area contributed by atoms with Gasteiger partial charge >= 0.3 is 0 Å². The molecule has 0 aliphatic rings. The van der Waals surface area contributed by atoms with Gasteiger partial charge in [0.25, 0.3) is 0 Å². The summed E-state index contributed by atoms with van der Waals surface area (Å²) >= 11 is 0. The predicted molar refractivity (Wildman–Crippen MR) is 47.7 cm³/mol. The van der Waals surface area contributed by atoms with Gasteiger partial charge in [0.1, 0.15) is 11.6 Å². The molecule has 3 heteroatoms. The molecule has 1 aromatic rings. The van der Waals surface area contributed by atoms with Crippen molar-refractivity contribution in [3.8, 4) is 0 Å². The molecule has 0 aromatic heterocycles. The van der Waals surface area contributed by atoms with E-state index >= 15 is 0 Å². The summed E-state index contributed by atoms with van der Waals surface area (Å²) in [5, 5.41) is 9.30. The number of hydrogen-bond donors (Lipinski definition) is 1. The van der Waals surface area contributed by atoms with Gasteiger partial charge in [-0.3, -0.25) is 4.79 Å². The summed E-state index contributed by atoms with van der Waals surface area (Å²) in [7, 11) is 0. The maximum absolute atomic E-state index is 12.4. The van der Waals surface area contributed by atoms with Crippen LogP contribution in [0.5, 0.6) is 0 Å². The fourth-order valence-corrected chi connectivity index (χ4v) is 0.897. The third-order valence-electron chi connectivity index (χ3n) is 1.48. The molecule has 68 valence electrons. The maximum atomic E-state index is 12.4. The SMILES string of the molecule is CC(=O)/C=C(\O)c1ccc(F)cc1. The zero-order valence-corrected chi connectivity index (χ0v) is 7.12. The molecule has 0 heterocycles. The highest BCUT2D eigenvalue weighted by Gasteiger charge is 1.99. The first-order chi connectivity index (χ1) is 6.09. The topological polar surface area (TPSA) is 37.3 Å². The van der Waals surface area contributed by atoms with Gasteiger partial charge in [-0.05, 0) is 31.2 Å². The van der Waals surface area contributed by atoms with E-state index in [4.69, 9.17) is 0 Å². The number of halogens is 1. The Labute approximate surface area is 75.3 Å². The normalized spacial score (nSPS) is 11.4. The Morgan fingerprint density at radius 2 is 1.92 bits per heavy atom. The molecule has 1 aromatic carbocycles. The molecule has 0 spiro atoms. The van der Waals surface area contributed by atoms with Crippen molar-refractivity contribution < 1.29 is 14.3 Å². The Hall–Kier alpha value is -1.64. The van der Waals surface area contributed by atoms with E-state index in [9.17, 15) is 14.3 Å². The van der Waals surface area contributed by atoms with E-state index in [2.05, 4.69) is 0 Å². The summed E-state index contributed by atoms with van der Waals surface area (Å²) in [4.78, 5) is 10.6. The van der Waals surface area contributed by atoms with Gasteiger partial charge in [-0.15, -0.1) is 0 Å². The van der Waals surface area contributed by atoms with Crippen molar-refractivity contribution in [2.75, 3.05) is 0 Å². The van der Waals surface area contributed by atoms with Gasteiger partial charge in [0.15, 0.2) is 5.78 Å². The van der Waals surface area contributed by atoms with Gasteiger partial charge in [-0.1, -0.05) is 0 Å². The number of hydrogen-bond acceptors (Lipinski definition) is 2. The van der Waals surface area contributed by atoms with Crippen molar-refractivity contribution in [2.24, 2.45) is 0 Å². The lowest BCUT2D eigenvalue weighted by Crippen LogP contribution is -1.88. The highest BCUT2D eigenvalue weighted by molar-refractivity contribution is 5.93. The molecular formula is C10H9FO2. The lowest BCUT2D eigenvalue weighted by Gasteiger charge is -1.98. The minimum Gasteiger partial charge on any atom is -0.507 e. The Bertz CT molecular complexity index is 338. The summed E-state index contributed by atoms with van der Waals surface area (Å²) in [5.41, 5.74) is 0.427. The van der Waals surface area contributed by atoms with Crippen LogP contribution in [0, 0.1) is 5.82 Å². The molecule has 0 aliphatic carbocycles. The molecule has 0 saturated carbocycles. The Morgan fingerprint density at radius 3 is 2.38 bits per heavy atom. The third kappa shape index (κ3) is 2.71. The van der Waals surface area contributed by atoms with Gasteiger partial charge in [0.05, 0.1) is 0 Å².